The number of carbonyl (C=O) groups is 1. The van der Waals surface area contributed by atoms with Gasteiger partial charge in [0, 0.05) is 7.11 Å². The lowest BCUT2D eigenvalue weighted by Gasteiger charge is -2.17. The molecule has 106 valence electrons. The molecule has 1 aromatic rings. The van der Waals surface area contributed by atoms with Gasteiger partial charge >= 0.3 is 0 Å². The molecule has 1 unspecified atom stereocenters. The Hall–Kier alpha value is -1.30. The number of carbonyl (C=O) groups excluding carboxylic acids is 1. The second kappa shape index (κ2) is 7.33. The minimum absolute atomic E-state index is 0.0526. The van der Waals surface area contributed by atoms with Crippen LogP contribution in [0.5, 0.6) is 5.75 Å². The molecule has 3 N–H and O–H groups in total. The number of nitrogens with one attached hydrogen (secondary N) is 1. The van der Waals surface area contributed by atoms with Crippen LogP contribution in [0.4, 0.5) is 5.69 Å². The average molecular weight is 287 g/mol. The maximum Gasteiger partial charge on any atom is 0.243 e. The Kier molecular flexibility index (Phi) is 6.08. The molecule has 0 spiro atoms. The molecule has 1 rings (SSSR count). The summed E-state index contributed by atoms with van der Waals surface area (Å²) < 4.78 is 10.4. The van der Waals surface area contributed by atoms with Crippen LogP contribution in [0.1, 0.15) is 13.8 Å². The first kappa shape index (κ1) is 15.8. The lowest BCUT2D eigenvalue weighted by atomic mass is 10.2. The molecule has 0 bridgehead atoms. The molecule has 0 aliphatic rings. The molecule has 0 aromatic heterocycles. The zero-order valence-electron chi connectivity index (χ0n) is 11.3. The summed E-state index contributed by atoms with van der Waals surface area (Å²) in [6.45, 7) is 3.91. The predicted octanol–water partition coefficient (Wildman–Crippen LogP) is 2.04. The van der Waals surface area contributed by atoms with Crippen LogP contribution >= 0.6 is 11.6 Å². The van der Waals surface area contributed by atoms with Gasteiger partial charge in [-0.1, -0.05) is 17.7 Å². The van der Waals surface area contributed by atoms with E-state index in [4.69, 9.17) is 26.8 Å². The van der Waals surface area contributed by atoms with E-state index in [1.807, 2.05) is 13.8 Å². The van der Waals surface area contributed by atoms with Gasteiger partial charge in [-0.15, -0.1) is 0 Å². The fourth-order valence-corrected chi connectivity index (χ4v) is 1.66. The largest absolute Gasteiger partial charge is 0.487 e. The SMILES string of the molecule is COCC(N)C(=O)Nc1cccc(Cl)c1OC(C)C. The summed E-state index contributed by atoms with van der Waals surface area (Å²) in [6, 6.07) is 4.40. The van der Waals surface area contributed by atoms with Gasteiger partial charge in [0.25, 0.3) is 0 Å². The zero-order chi connectivity index (χ0) is 14.4. The minimum atomic E-state index is -0.740. The highest BCUT2D eigenvalue weighted by Gasteiger charge is 2.17. The maximum absolute atomic E-state index is 11.8. The summed E-state index contributed by atoms with van der Waals surface area (Å²) in [5.41, 5.74) is 6.15. The fourth-order valence-electron chi connectivity index (χ4n) is 1.44. The number of para-hydroxylation sites is 1. The second-order valence-corrected chi connectivity index (χ2v) is 4.74. The van der Waals surface area contributed by atoms with Gasteiger partial charge in [0.15, 0.2) is 5.75 Å². The Morgan fingerprint density at radius 3 is 2.74 bits per heavy atom. The van der Waals surface area contributed by atoms with Gasteiger partial charge in [0.1, 0.15) is 6.04 Å². The molecule has 1 aromatic carbocycles. The first-order valence-corrected chi connectivity index (χ1v) is 6.34. The zero-order valence-corrected chi connectivity index (χ0v) is 12.0. The summed E-state index contributed by atoms with van der Waals surface area (Å²) in [5, 5.41) is 3.12. The fraction of sp³-hybridized carbons (Fsp3) is 0.462. The average Bonchev–Trinajstić information content (AvgIpc) is 2.33. The number of rotatable bonds is 6. The number of anilines is 1. The van der Waals surface area contributed by atoms with Crippen molar-refractivity contribution in [3.8, 4) is 5.75 Å². The first-order chi connectivity index (χ1) is 8.95. The lowest BCUT2D eigenvalue weighted by Crippen LogP contribution is -2.39. The first-order valence-electron chi connectivity index (χ1n) is 5.96. The lowest BCUT2D eigenvalue weighted by molar-refractivity contribution is -0.118. The van der Waals surface area contributed by atoms with E-state index in [1.54, 1.807) is 18.2 Å². The topological polar surface area (TPSA) is 73.6 Å². The van der Waals surface area contributed by atoms with Crippen molar-refractivity contribution in [1.29, 1.82) is 0 Å². The predicted molar refractivity (Wildman–Crippen MR) is 75.7 cm³/mol. The van der Waals surface area contributed by atoms with Gasteiger partial charge in [0.05, 0.1) is 23.4 Å². The number of hydrogen-bond donors (Lipinski definition) is 2. The van der Waals surface area contributed by atoms with Gasteiger partial charge in [-0.05, 0) is 26.0 Å². The molecular weight excluding hydrogens is 268 g/mol. The second-order valence-electron chi connectivity index (χ2n) is 4.33. The Bertz CT molecular complexity index is 438. The maximum atomic E-state index is 11.8. The van der Waals surface area contributed by atoms with E-state index < -0.39 is 6.04 Å². The van der Waals surface area contributed by atoms with E-state index in [-0.39, 0.29) is 18.6 Å². The van der Waals surface area contributed by atoms with Crippen molar-refractivity contribution in [3.05, 3.63) is 23.2 Å². The molecule has 0 aliphatic carbocycles. The summed E-state index contributed by atoms with van der Waals surface area (Å²) in [5.74, 6) is 0.0925. The van der Waals surface area contributed by atoms with Crippen LogP contribution in [0.15, 0.2) is 18.2 Å². The van der Waals surface area contributed by atoms with Crippen LogP contribution in [0.3, 0.4) is 0 Å². The van der Waals surface area contributed by atoms with Gasteiger partial charge < -0.3 is 20.5 Å². The number of methoxy groups -OCH3 is 1. The summed E-state index contributed by atoms with van der Waals surface area (Å²) >= 11 is 6.07. The van der Waals surface area contributed by atoms with Gasteiger partial charge in [-0.3, -0.25) is 4.79 Å². The Morgan fingerprint density at radius 1 is 1.47 bits per heavy atom. The van der Waals surface area contributed by atoms with E-state index in [9.17, 15) is 4.79 Å². The normalized spacial score (nSPS) is 12.3. The van der Waals surface area contributed by atoms with Crippen LogP contribution < -0.4 is 15.8 Å². The smallest absolute Gasteiger partial charge is 0.243 e. The van der Waals surface area contributed by atoms with Crippen LogP contribution in [-0.4, -0.2) is 31.8 Å². The van der Waals surface area contributed by atoms with Crippen molar-refractivity contribution >= 4 is 23.2 Å². The van der Waals surface area contributed by atoms with Gasteiger partial charge in [0.2, 0.25) is 5.91 Å². The molecule has 0 saturated carbocycles. The van der Waals surface area contributed by atoms with Crippen molar-refractivity contribution in [3.63, 3.8) is 0 Å². The van der Waals surface area contributed by atoms with Crippen molar-refractivity contribution in [2.45, 2.75) is 26.0 Å². The molecule has 19 heavy (non-hydrogen) atoms. The molecule has 0 aliphatic heterocycles. The van der Waals surface area contributed by atoms with Gasteiger partial charge in [-0.2, -0.15) is 0 Å². The number of ether oxygens (including phenoxy) is 2. The van der Waals surface area contributed by atoms with Crippen molar-refractivity contribution in [2.75, 3.05) is 19.0 Å². The van der Waals surface area contributed by atoms with E-state index in [1.165, 1.54) is 7.11 Å². The third-order valence-electron chi connectivity index (χ3n) is 2.26. The molecule has 5 nitrogen and oxygen atoms in total. The summed E-state index contributed by atoms with van der Waals surface area (Å²) in [7, 11) is 1.49. The van der Waals surface area contributed by atoms with E-state index >= 15 is 0 Å². The minimum Gasteiger partial charge on any atom is -0.487 e. The number of nitrogens with two attached hydrogens (primary N) is 1. The molecule has 0 saturated heterocycles. The summed E-state index contributed by atoms with van der Waals surface area (Å²) in [6.07, 6.45) is -0.0526. The quantitative estimate of drug-likeness (QED) is 0.839. The third-order valence-corrected chi connectivity index (χ3v) is 2.56. The van der Waals surface area contributed by atoms with Crippen molar-refractivity contribution in [2.24, 2.45) is 5.73 Å². The Morgan fingerprint density at radius 2 is 2.16 bits per heavy atom. The standard InChI is InChI=1S/C13H19ClN2O3/c1-8(2)19-12-9(14)5-4-6-11(12)16-13(17)10(15)7-18-3/h4-6,8,10H,7,15H2,1-3H3,(H,16,17). The monoisotopic (exact) mass is 286 g/mol. The summed E-state index contributed by atoms with van der Waals surface area (Å²) in [4.78, 5) is 11.8. The Labute approximate surface area is 118 Å². The van der Waals surface area contributed by atoms with Crippen molar-refractivity contribution in [1.82, 2.24) is 0 Å². The van der Waals surface area contributed by atoms with E-state index in [0.717, 1.165) is 0 Å². The number of halogens is 1. The Balaban J connectivity index is 2.88. The molecule has 6 heteroatoms. The molecule has 1 atom stereocenters. The van der Waals surface area contributed by atoms with Crippen LogP contribution in [0.2, 0.25) is 5.02 Å². The molecule has 0 radical (unpaired) electrons. The highest BCUT2D eigenvalue weighted by Crippen LogP contribution is 2.33. The number of hydrogen-bond acceptors (Lipinski definition) is 4. The third kappa shape index (κ3) is 4.70. The number of benzene rings is 1. The molecular formula is C13H19ClN2O3. The van der Waals surface area contributed by atoms with E-state index in [0.29, 0.717) is 16.5 Å². The van der Waals surface area contributed by atoms with E-state index in [2.05, 4.69) is 5.32 Å². The number of amides is 1. The molecule has 0 fully saturated rings. The van der Waals surface area contributed by atoms with Gasteiger partial charge in [-0.25, -0.2) is 0 Å². The highest BCUT2D eigenvalue weighted by molar-refractivity contribution is 6.32. The molecule has 1 amide bonds. The van der Waals surface area contributed by atoms with Crippen LogP contribution in [0.25, 0.3) is 0 Å². The van der Waals surface area contributed by atoms with Crippen LogP contribution in [0, 0.1) is 0 Å². The van der Waals surface area contributed by atoms with Crippen LogP contribution in [-0.2, 0) is 9.53 Å². The highest BCUT2D eigenvalue weighted by atomic mass is 35.5. The molecule has 0 heterocycles. The van der Waals surface area contributed by atoms with Crippen molar-refractivity contribution < 1.29 is 14.3 Å².